The van der Waals surface area contributed by atoms with Crippen LogP contribution in [-0.4, -0.2) is 22.7 Å². The van der Waals surface area contributed by atoms with Gasteiger partial charge in [-0.25, -0.2) is 0 Å². The zero-order chi connectivity index (χ0) is 7.82. The van der Waals surface area contributed by atoms with Crippen LogP contribution in [0.3, 0.4) is 0 Å². The first kappa shape index (κ1) is 10.3. The number of thioether (sulfide) groups is 1. The first-order chi connectivity index (χ1) is 4.81. The molecule has 0 amide bonds. The maximum atomic E-state index is 9.15. The van der Waals surface area contributed by atoms with Crippen LogP contribution >= 0.6 is 11.8 Å². The summed E-state index contributed by atoms with van der Waals surface area (Å²) in [5, 5.41) is 9.15. The molecule has 1 unspecified atom stereocenters. The van der Waals surface area contributed by atoms with E-state index in [9.17, 15) is 0 Å². The van der Waals surface area contributed by atoms with E-state index >= 15 is 0 Å². The van der Waals surface area contributed by atoms with Crippen molar-refractivity contribution < 1.29 is 5.11 Å². The molecule has 0 aromatic heterocycles. The molecule has 0 spiro atoms. The van der Waals surface area contributed by atoms with Gasteiger partial charge in [0.2, 0.25) is 0 Å². The molecule has 1 atom stereocenters. The minimum atomic E-state index is -0.0579. The molecule has 2 heteroatoms. The van der Waals surface area contributed by atoms with Gasteiger partial charge in [-0.3, -0.25) is 0 Å². The van der Waals surface area contributed by atoms with Crippen LogP contribution in [0.25, 0.3) is 0 Å². The molecule has 1 N–H and O–H groups in total. The largest absolute Gasteiger partial charge is 0.393 e. The second kappa shape index (κ2) is 7.42. The van der Waals surface area contributed by atoms with Crippen LogP contribution in [0, 0.1) is 0 Å². The molecule has 1 nitrogen and oxygen atoms in total. The molecule has 0 aromatic carbocycles. The molecular weight excluding hydrogens is 144 g/mol. The van der Waals surface area contributed by atoms with Crippen LogP contribution in [0.5, 0.6) is 0 Å². The van der Waals surface area contributed by atoms with E-state index < -0.39 is 0 Å². The van der Waals surface area contributed by atoms with Crippen molar-refractivity contribution in [3.05, 3.63) is 0 Å². The van der Waals surface area contributed by atoms with Crippen molar-refractivity contribution in [1.29, 1.82) is 0 Å². The van der Waals surface area contributed by atoms with E-state index in [0.717, 1.165) is 19.3 Å². The topological polar surface area (TPSA) is 20.2 Å². The number of aliphatic hydroxyl groups is 1. The standard InChI is InChI=1S/C8H18OS/c1-3-8(9)6-5-7-10-4-2/h8-9H,3-7H2,1-2H3. The summed E-state index contributed by atoms with van der Waals surface area (Å²) in [7, 11) is 0. The van der Waals surface area contributed by atoms with Crippen molar-refractivity contribution in [1.82, 2.24) is 0 Å². The number of hydrogen-bond donors (Lipinski definition) is 1. The molecule has 0 bridgehead atoms. The Bertz CT molecular complexity index is 66.3. The maximum Gasteiger partial charge on any atom is 0.0538 e. The minimum Gasteiger partial charge on any atom is -0.393 e. The van der Waals surface area contributed by atoms with Crippen LogP contribution in [0.1, 0.15) is 33.1 Å². The lowest BCUT2D eigenvalue weighted by molar-refractivity contribution is 0.160. The summed E-state index contributed by atoms with van der Waals surface area (Å²) in [6.45, 7) is 4.19. The Hall–Kier alpha value is 0.310. The van der Waals surface area contributed by atoms with Gasteiger partial charge >= 0.3 is 0 Å². The molecule has 0 saturated heterocycles. The zero-order valence-corrected chi connectivity index (χ0v) is 7.78. The molecule has 0 fully saturated rings. The maximum absolute atomic E-state index is 9.15. The van der Waals surface area contributed by atoms with Crippen LogP contribution in [0.4, 0.5) is 0 Å². The van der Waals surface area contributed by atoms with Gasteiger partial charge < -0.3 is 5.11 Å². The van der Waals surface area contributed by atoms with Crippen LogP contribution < -0.4 is 0 Å². The van der Waals surface area contributed by atoms with Gasteiger partial charge in [0.15, 0.2) is 0 Å². The predicted molar refractivity (Wildman–Crippen MR) is 48.5 cm³/mol. The molecule has 0 aliphatic heterocycles. The van der Waals surface area contributed by atoms with E-state index in [1.165, 1.54) is 11.5 Å². The number of hydrogen-bond acceptors (Lipinski definition) is 2. The van der Waals surface area contributed by atoms with Crippen molar-refractivity contribution in [2.45, 2.75) is 39.2 Å². The van der Waals surface area contributed by atoms with Crippen LogP contribution in [-0.2, 0) is 0 Å². The fourth-order valence-electron chi connectivity index (χ4n) is 0.769. The lowest BCUT2D eigenvalue weighted by Crippen LogP contribution is -2.03. The van der Waals surface area contributed by atoms with Gasteiger partial charge in [0.25, 0.3) is 0 Å². The Labute approximate surface area is 68.2 Å². The van der Waals surface area contributed by atoms with Crippen molar-refractivity contribution >= 4 is 11.8 Å². The second-order valence-corrected chi connectivity index (χ2v) is 3.80. The van der Waals surface area contributed by atoms with Crippen LogP contribution in [0.15, 0.2) is 0 Å². The molecule has 0 aromatic rings. The summed E-state index contributed by atoms with van der Waals surface area (Å²) in [6.07, 6.45) is 2.98. The van der Waals surface area contributed by atoms with E-state index in [0.29, 0.717) is 0 Å². The van der Waals surface area contributed by atoms with Crippen molar-refractivity contribution in [3.63, 3.8) is 0 Å². The summed E-state index contributed by atoms with van der Waals surface area (Å²) in [5.41, 5.74) is 0. The Morgan fingerprint density at radius 2 is 2.10 bits per heavy atom. The lowest BCUT2D eigenvalue weighted by atomic mass is 10.2. The Balaban J connectivity index is 2.89. The molecule has 0 aliphatic rings. The van der Waals surface area contributed by atoms with Gasteiger partial charge in [-0.05, 0) is 30.8 Å². The molecule has 0 radical (unpaired) electrons. The SMILES string of the molecule is CCSCCCC(O)CC. The molecule has 0 saturated carbocycles. The van der Waals surface area contributed by atoms with Crippen molar-refractivity contribution in [3.8, 4) is 0 Å². The summed E-state index contributed by atoms with van der Waals surface area (Å²) < 4.78 is 0. The van der Waals surface area contributed by atoms with Gasteiger partial charge in [0.1, 0.15) is 0 Å². The van der Waals surface area contributed by atoms with E-state index in [-0.39, 0.29) is 6.10 Å². The predicted octanol–water partition coefficient (Wildman–Crippen LogP) is 2.29. The highest BCUT2D eigenvalue weighted by molar-refractivity contribution is 7.99. The highest BCUT2D eigenvalue weighted by Gasteiger charge is 1.98. The van der Waals surface area contributed by atoms with Crippen LogP contribution in [0.2, 0.25) is 0 Å². The monoisotopic (exact) mass is 162 g/mol. The van der Waals surface area contributed by atoms with Crippen molar-refractivity contribution in [2.75, 3.05) is 11.5 Å². The third-order valence-corrected chi connectivity index (χ3v) is 2.49. The Morgan fingerprint density at radius 3 is 2.60 bits per heavy atom. The van der Waals surface area contributed by atoms with Gasteiger partial charge in [0, 0.05) is 0 Å². The zero-order valence-electron chi connectivity index (χ0n) is 6.97. The molecule has 0 rings (SSSR count). The molecule has 0 heterocycles. The summed E-state index contributed by atoms with van der Waals surface area (Å²) in [4.78, 5) is 0. The van der Waals surface area contributed by atoms with Crippen molar-refractivity contribution in [2.24, 2.45) is 0 Å². The fraction of sp³-hybridized carbons (Fsp3) is 1.00. The average molecular weight is 162 g/mol. The minimum absolute atomic E-state index is 0.0579. The van der Waals surface area contributed by atoms with E-state index in [4.69, 9.17) is 5.11 Å². The van der Waals surface area contributed by atoms with E-state index in [2.05, 4.69) is 6.92 Å². The summed E-state index contributed by atoms with van der Waals surface area (Å²) in [5.74, 6) is 2.40. The first-order valence-electron chi connectivity index (χ1n) is 4.07. The van der Waals surface area contributed by atoms with E-state index in [1.54, 1.807) is 0 Å². The summed E-state index contributed by atoms with van der Waals surface area (Å²) in [6, 6.07) is 0. The van der Waals surface area contributed by atoms with Gasteiger partial charge in [-0.1, -0.05) is 13.8 Å². The molecular formula is C8H18OS. The first-order valence-corrected chi connectivity index (χ1v) is 5.22. The smallest absolute Gasteiger partial charge is 0.0538 e. The Morgan fingerprint density at radius 1 is 1.40 bits per heavy atom. The van der Waals surface area contributed by atoms with Gasteiger partial charge in [-0.2, -0.15) is 11.8 Å². The number of aliphatic hydroxyl groups excluding tert-OH is 1. The Kier molecular flexibility index (Phi) is 7.65. The third-order valence-electron chi connectivity index (χ3n) is 1.50. The second-order valence-electron chi connectivity index (χ2n) is 2.40. The highest BCUT2D eigenvalue weighted by Crippen LogP contribution is 2.06. The van der Waals surface area contributed by atoms with E-state index in [1.807, 2.05) is 18.7 Å². The third kappa shape index (κ3) is 6.43. The highest BCUT2D eigenvalue weighted by atomic mass is 32.2. The molecule has 0 aliphatic carbocycles. The lowest BCUT2D eigenvalue weighted by Gasteiger charge is -2.05. The van der Waals surface area contributed by atoms with Gasteiger partial charge in [0.05, 0.1) is 6.10 Å². The average Bonchev–Trinajstić information content (AvgIpc) is 1.98. The summed E-state index contributed by atoms with van der Waals surface area (Å²) >= 11 is 1.95. The quantitative estimate of drug-likeness (QED) is 0.605. The fourth-order valence-corrected chi connectivity index (χ4v) is 1.43. The number of rotatable bonds is 6. The van der Waals surface area contributed by atoms with Gasteiger partial charge in [-0.15, -0.1) is 0 Å². The molecule has 10 heavy (non-hydrogen) atoms. The normalized spacial score (nSPS) is 13.5. The molecule has 62 valence electrons.